The Labute approximate surface area is 244 Å². The molecule has 7 rings (SSSR count). The number of aromatic nitrogens is 8. The first-order valence-corrected chi connectivity index (χ1v) is 12.0. The highest BCUT2D eigenvalue weighted by molar-refractivity contribution is 5.80. The smallest absolute Gasteiger partial charge is 0.235 e. The van der Waals surface area contributed by atoms with Crippen LogP contribution in [0.25, 0.3) is 21.7 Å². The van der Waals surface area contributed by atoms with Crippen LogP contribution in [0.15, 0.2) is 71.9 Å². The maximum atomic E-state index is 13.7. The van der Waals surface area contributed by atoms with E-state index in [9.17, 15) is 23.7 Å². The molecule has 20 heteroatoms. The minimum Gasteiger partial charge on any atom is -0.235 e. The molecular weight excluding hydrogens is 595 g/mol. The summed E-state index contributed by atoms with van der Waals surface area (Å²) in [6.07, 6.45) is -0.0461. The van der Waals surface area contributed by atoms with Gasteiger partial charge in [-0.05, 0) is 12.1 Å². The molecule has 17 nitrogen and oxygen atoms in total. The Kier molecular flexibility index (Phi) is 5.98. The molecule has 0 atom stereocenters. The van der Waals surface area contributed by atoms with Crippen molar-refractivity contribution in [3.05, 3.63) is 122 Å². The summed E-state index contributed by atoms with van der Waals surface area (Å²) >= 11 is 0. The van der Waals surface area contributed by atoms with Crippen molar-refractivity contribution in [2.24, 2.45) is 30.0 Å². The molecule has 0 aromatic carbocycles. The minimum absolute atomic E-state index is 0.0492. The Morgan fingerprint density at radius 2 is 1.09 bits per heavy atom. The van der Waals surface area contributed by atoms with Gasteiger partial charge in [-0.1, -0.05) is 0 Å². The number of hydrogen-bond acceptors (Lipinski definition) is 16. The van der Waals surface area contributed by atoms with Gasteiger partial charge in [0.2, 0.25) is 5.95 Å². The average molecular weight is 599 g/mol. The van der Waals surface area contributed by atoms with Crippen LogP contribution in [0.4, 0.5) is 13.2 Å². The number of fused-ring (bicyclic) bond motifs is 3. The van der Waals surface area contributed by atoms with Gasteiger partial charge in [0.1, 0.15) is 39.4 Å². The second kappa shape index (κ2) is 10.2. The number of pyridine rings is 1. The predicted molar refractivity (Wildman–Crippen MR) is 134 cm³/mol. The van der Waals surface area contributed by atoms with Crippen molar-refractivity contribution in [1.82, 2.24) is 39.9 Å². The number of halogens is 3. The SMILES string of the molecule is [C-]#[N+]/C(=C1\N=c2cnc(F)nc2=N1)c1nc(/C(C#N)=C2/N=c3ccc(F)nc3=N2)nc(/C(C#N)=C2/N=c3cnc(F)nc3=N2)n1. The molecule has 0 amide bonds. The van der Waals surface area contributed by atoms with E-state index in [-0.39, 0.29) is 55.6 Å². The zero-order valence-corrected chi connectivity index (χ0v) is 21.5. The van der Waals surface area contributed by atoms with Crippen molar-refractivity contribution < 1.29 is 13.2 Å². The predicted octanol–water partition coefficient (Wildman–Crippen LogP) is -1.95. The van der Waals surface area contributed by atoms with Gasteiger partial charge in [-0.3, -0.25) is 0 Å². The van der Waals surface area contributed by atoms with Gasteiger partial charge in [0.15, 0.2) is 51.4 Å². The molecule has 0 aliphatic carbocycles. The molecule has 0 bridgehead atoms. The zero-order chi connectivity index (χ0) is 31.2. The summed E-state index contributed by atoms with van der Waals surface area (Å²) in [5.41, 5.74) is -1.61. The highest BCUT2D eigenvalue weighted by Crippen LogP contribution is 2.26. The van der Waals surface area contributed by atoms with E-state index in [1.807, 2.05) is 12.1 Å². The third kappa shape index (κ3) is 4.60. The summed E-state index contributed by atoms with van der Waals surface area (Å²) in [6.45, 7) is 7.82. The number of nitriles is 2. The minimum atomic E-state index is -1.08. The lowest BCUT2D eigenvalue weighted by molar-refractivity contribution is 0.530. The summed E-state index contributed by atoms with van der Waals surface area (Å²) in [4.78, 5) is 58.3. The second-order valence-corrected chi connectivity index (χ2v) is 8.55. The summed E-state index contributed by atoms with van der Waals surface area (Å²) < 4.78 is 40.9. The molecule has 3 aliphatic heterocycles. The fraction of sp³-hybridized carbons (Fsp3) is 0. The summed E-state index contributed by atoms with van der Waals surface area (Å²) in [6, 6.07) is 6.08. The Morgan fingerprint density at radius 3 is 1.64 bits per heavy atom. The van der Waals surface area contributed by atoms with Crippen molar-refractivity contribution in [1.29, 1.82) is 10.5 Å². The summed E-state index contributed by atoms with van der Waals surface area (Å²) in [5, 5.41) is 20.5. The molecule has 45 heavy (non-hydrogen) atoms. The van der Waals surface area contributed by atoms with E-state index in [1.54, 1.807) is 0 Å². The van der Waals surface area contributed by atoms with Crippen LogP contribution in [-0.2, 0) is 0 Å². The molecule has 4 aromatic rings. The van der Waals surface area contributed by atoms with Crippen molar-refractivity contribution in [2.45, 2.75) is 0 Å². The molecule has 4 aromatic heterocycles. The lowest BCUT2D eigenvalue weighted by Crippen LogP contribution is -2.27. The molecular formula is C25H4F3N17. The average Bonchev–Trinajstić information content (AvgIpc) is 3.74. The topological polar surface area (TPSA) is 229 Å². The van der Waals surface area contributed by atoms with Crippen molar-refractivity contribution in [3.8, 4) is 12.1 Å². The fourth-order valence-electron chi connectivity index (χ4n) is 3.95. The molecule has 0 unspecified atom stereocenters. The van der Waals surface area contributed by atoms with Crippen LogP contribution in [0.3, 0.4) is 0 Å². The molecule has 0 radical (unpaired) electrons. The molecule has 0 N–H and O–H groups in total. The van der Waals surface area contributed by atoms with Crippen LogP contribution in [0.1, 0.15) is 17.5 Å². The van der Waals surface area contributed by atoms with Crippen LogP contribution in [0.5, 0.6) is 0 Å². The third-order valence-corrected chi connectivity index (χ3v) is 5.87. The Morgan fingerprint density at radius 1 is 0.600 bits per heavy atom. The lowest BCUT2D eigenvalue weighted by Gasteiger charge is -2.07. The molecule has 210 valence electrons. The van der Waals surface area contributed by atoms with Gasteiger partial charge in [-0.25, -0.2) is 59.7 Å². The quantitative estimate of drug-likeness (QED) is 0.109. The highest BCUT2D eigenvalue weighted by Gasteiger charge is 2.25. The van der Waals surface area contributed by atoms with Crippen molar-refractivity contribution >= 4 is 16.8 Å². The van der Waals surface area contributed by atoms with E-state index < -0.39 is 46.8 Å². The summed E-state index contributed by atoms with van der Waals surface area (Å²) in [5.74, 6) is -2.94. The number of rotatable bonds is 3. The molecule has 3 aliphatic rings. The molecule has 0 saturated carbocycles. The summed E-state index contributed by atoms with van der Waals surface area (Å²) in [7, 11) is 0. The van der Waals surface area contributed by atoms with Crippen molar-refractivity contribution in [3.63, 3.8) is 0 Å². The number of hydrogen-bond donors (Lipinski definition) is 0. The van der Waals surface area contributed by atoms with Gasteiger partial charge in [0, 0.05) is 0 Å². The van der Waals surface area contributed by atoms with E-state index in [2.05, 4.69) is 74.7 Å². The van der Waals surface area contributed by atoms with Gasteiger partial charge < -0.3 is 0 Å². The molecule has 7 heterocycles. The normalized spacial score (nSPS) is 16.8. The fourth-order valence-corrected chi connectivity index (χ4v) is 3.95. The van der Waals surface area contributed by atoms with E-state index in [1.165, 1.54) is 6.07 Å². The number of allylic oxidation sites excluding steroid dienone is 2. The van der Waals surface area contributed by atoms with Crippen molar-refractivity contribution in [2.75, 3.05) is 0 Å². The Balaban J connectivity index is 1.50. The largest absolute Gasteiger partial charge is 0.310 e. The van der Waals surface area contributed by atoms with E-state index in [0.29, 0.717) is 0 Å². The first kappa shape index (κ1) is 26.5. The number of nitrogens with zero attached hydrogens (tertiary/aromatic N) is 17. The molecule has 0 saturated heterocycles. The first-order valence-electron chi connectivity index (χ1n) is 12.0. The monoisotopic (exact) mass is 599 g/mol. The Hall–Kier alpha value is -7.40. The zero-order valence-electron chi connectivity index (χ0n) is 21.5. The third-order valence-electron chi connectivity index (χ3n) is 5.87. The van der Waals surface area contributed by atoms with E-state index >= 15 is 0 Å². The van der Waals surface area contributed by atoms with Gasteiger partial charge in [0.25, 0.3) is 5.70 Å². The van der Waals surface area contributed by atoms with Crippen LogP contribution in [0.2, 0.25) is 0 Å². The van der Waals surface area contributed by atoms with E-state index in [4.69, 9.17) is 6.57 Å². The first-order chi connectivity index (χ1) is 21.8. The van der Waals surface area contributed by atoms with Gasteiger partial charge >= 0.3 is 12.2 Å². The second-order valence-electron chi connectivity index (χ2n) is 8.55. The van der Waals surface area contributed by atoms with Gasteiger partial charge in [-0.2, -0.15) is 38.6 Å². The lowest BCUT2D eigenvalue weighted by atomic mass is 10.2. The maximum absolute atomic E-state index is 13.7. The van der Waals surface area contributed by atoms with Gasteiger partial charge in [-0.15, -0.1) is 0 Å². The van der Waals surface area contributed by atoms with Crippen LogP contribution < -0.4 is 32.5 Å². The van der Waals surface area contributed by atoms with E-state index in [0.717, 1.165) is 18.5 Å². The highest BCUT2D eigenvalue weighted by atomic mass is 19.1. The molecule has 0 spiro atoms. The van der Waals surface area contributed by atoms with Crippen LogP contribution in [0, 0.1) is 47.3 Å². The standard InChI is InChI=1S/C25H4F3N17/c1-31-14(22-36-12-7-33-25(28)45-21(12)43-22)23-41-17(8(4-29)15-34-10-2-3-13(26)37-19(10)39-15)38-18(42-23)9(5-30)16-35-11-6-32-24(27)44-20(11)40-16/h2-3,6-7H/b15-8-,16-9-,22-14+. The molecule has 0 fully saturated rings. The maximum Gasteiger partial charge on any atom is 0.310 e. The van der Waals surface area contributed by atoms with Crippen LogP contribution >= 0.6 is 0 Å². The Bertz CT molecular complexity index is 2370. The van der Waals surface area contributed by atoms with Crippen LogP contribution in [-0.4, -0.2) is 39.9 Å². The van der Waals surface area contributed by atoms with Gasteiger partial charge in [0.05, 0.1) is 19.0 Å².